The van der Waals surface area contributed by atoms with Crippen molar-refractivity contribution in [3.05, 3.63) is 35.4 Å². The van der Waals surface area contributed by atoms with Gasteiger partial charge < -0.3 is 5.32 Å². The molecule has 5 nitrogen and oxygen atoms in total. The molecule has 5 heteroatoms. The minimum atomic E-state index is 0.129. The highest BCUT2D eigenvalue weighted by atomic mass is 15.3. The molecular formula is C15H25N5. The average molecular weight is 275 g/mol. The molecule has 0 atom stereocenters. The Hall–Kier alpha value is -1.62. The summed E-state index contributed by atoms with van der Waals surface area (Å²) in [6.07, 6.45) is 6.90. The van der Waals surface area contributed by atoms with Crippen LogP contribution in [0.15, 0.2) is 18.6 Å². The summed E-state index contributed by atoms with van der Waals surface area (Å²) in [4.78, 5) is 0. The summed E-state index contributed by atoms with van der Waals surface area (Å²) in [7, 11) is 1.94. The summed E-state index contributed by atoms with van der Waals surface area (Å²) in [5.74, 6) is 0. The molecule has 0 amide bonds. The van der Waals surface area contributed by atoms with Crippen molar-refractivity contribution in [1.82, 2.24) is 24.9 Å². The Kier molecular flexibility index (Phi) is 4.28. The van der Waals surface area contributed by atoms with Crippen LogP contribution in [0.1, 0.15) is 37.6 Å². The lowest BCUT2D eigenvalue weighted by Crippen LogP contribution is -2.35. The summed E-state index contributed by atoms with van der Waals surface area (Å²) in [6, 6.07) is 0. The first kappa shape index (κ1) is 14.8. The van der Waals surface area contributed by atoms with Crippen molar-refractivity contribution in [1.29, 1.82) is 0 Å². The second kappa shape index (κ2) is 5.79. The topological polar surface area (TPSA) is 47.7 Å². The zero-order valence-electron chi connectivity index (χ0n) is 13.1. The van der Waals surface area contributed by atoms with E-state index < -0.39 is 0 Å². The van der Waals surface area contributed by atoms with Gasteiger partial charge in [-0.3, -0.25) is 9.36 Å². The van der Waals surface area contributed by atoms with Crippen molar-refractivity contribution in [2.24, 2.45) is 7.05 Å². The number of nitrogens with zero attached hydrogens (tertiary/aromatic N) is 4. The first-order chi connectivity index (χ1) is 9.35. The Morgan fingerprint density at radius 1 is 1.20 bits per heavy atom. The van der Waals surface area contributed by atoms with Crippen LogP contribution >= 0.6 is 0 Å². The minimum absolute atomic E-state index is 0.129. The van der Waals surface area contributed by atoms with Crippen molar-refractivity contribution >= 4 is 0 Å². The van der Waals surface area contributed by atoms with Crippen LogP contribution in [0.25, 0.3) is 0 Å². The highest BCUT2D eigenvalue weighted by Crippen LogP contribution is 2.10. The van der Waals surface area contributed by atoms with E-state index in [1.165, 1.54) is 16.8 Å². The van der Waals surface area contributed by atoms with E-state index in [4.69, 9.17) is 0 Å². The average Bonchev–Trinajstić information content (AvgIpc) is 2.90. The second-order valence-corrected chi connectivity index (χ2v) is 6.35. The lowest BCUT2D eigenvalue weighted by Gasteiger charge is -2.20. The van der Waals surface area contributed by atoms with Gasteiger partial charge in [-0.15, -0.1) is 0 Å². The predicted molar refractivity (Wildman–Crippen MR) is 80.5 cm³/mol. The van der Waals surface area contributed by atoms with Gasteiger partial charge in [0.05, 0.1) is 12.4 Å². The van der Waals surface area contributed by atoms with Gasteiger partial charge in [-0.1, -0.05) is 0 Å². The van der Waals surface area contributed by atoms with Gasteiger partial charge in [0.2, 0.25) is 0 Å². The van der Waals surface area contributed by atoms with Crippen molar-refractivity contribution < 1.29 is 0 Å². The molecule has 110 valence electrons. The van der Waals surface area contributed by atoms with E-state index in [0.29, 0.717) is 0 Å². The minimum Gasteiger partial charge on any atom is -0.308 e. The molecule has 1 N–H and O–H groups in total. The Morgan fingerprint density at radius 2 is 1.95 bits per heavy atom. The van der Waals surface area contributed by atoms with E-state index >= 15 is 0 Å². The number of nitrogens with one attached hydrogen (secondary N) is 1. The summed E-state index contributed by atoms with van der Waals surface area (Å²) >= 11 is 0. The maximum Gasteiger partial charge on any atom is 0.0537 e. The zero-order valence-corrected chi connectivity index (χ0v) is 13.1. The highest BCUT2D eigenvalue weighted by molar-refractivity contribution is 5.16. The molecule has 0 aliphatic rings. The lowest BCUT2D eigenvalue weighted by atomic mass is 10.1. The summed E-state index contributed by atoms with van der Waals surface area (Å²) in [6.45, 7) is 10.4. The molecule has 0 radical (unpaired) electrons. The van der Waals surface area contributed by atoms with E-state index in [1.807, 2.05) is 24.1 Å². The van der Waals surface area contributed by atoms with Gasteiger partial charge in [-0.05, 0) is 39.7 Å². The first-order valence-corrected chi connectivity index (χ1v) is 7.09. The fourth-order valence-corrected chi connectivity index (χ4v) is 2.08. The number of aromatic nitrogens is 4. The normalized spacial score (nSPS) is 12.1. The maximum absolute atomic E-state index is 4.49. The molecule has 2 heterocycles. The van der Waals surface area contributed by atoms with Crippen LogP contribution in [-0.2, 0) is 26.6 Å². The van der Waals surface area contributed by atoms with Gasteiger partial charge in [0, 0.05) is 43.1 Å². The van der Waals surface area contributed by atoms with Crippen LogP contribution in [0.3, 0.4) is 0 Å². The van der Waals surface area contributed by atoms with Gasteiger partial charge in [0.1, 0.15) is 0 Å². The molecule has 0 spiro atoms. The number of hydrogen-bond acceptors (Lipinski definition) is 3. The number of aryl methyl sites for hydroxylation is 3. The second-order valence-electron chi connectivity index (χ2n) is 6.35. The molecular weight excluding hydrogens is 250 g/mol. The van der Waals surface area contributed by atoms with Gasteiger partial charge >= 0.3 is 0 Å². The summed E-state index contributed by atoms with van der Waals surface area (Å²) in [5.41, 5.74) is 3.89. The van der Waals surface area contributed by atoms with E-state index in [-0.39, 0.29) is 5.54 Å². The van der Waals surface area contributed by atoms with Crippen LogP contribution in [-0.4, -0.2) is 25.1 Å². The molecule has 0 saturated carbocycles. The fraction of sp³-hybridized carbons (Fsp3) is 0.600. The molecule has 0 aliphatic heterocycles. The van der Waals surface area contributed by atoms with Gasteiger partial charge in [0.15, 0.2) is 0 Å². The fourth-order valence-electron chi connectivity index (χ4n) is 2.08. The van der Waals surface area contributed by atoms with E-state index in [1.54, 1.807) is 0 Å². The van der Waals surface area contributed by atoms with Gasteiger partial charge in [-0.2, -0.15) is 10.2 Å². The lowest BCUT2D eigenvalue weighted by molar-refractivity contribution is 0.423. The molecule has 0 aliphatic carbocycles. The number of hydrogen-bond donors (Lipinski definition) is 1. The molecule has 0 bridgehead atoms. The highest BCUT2D eigenvalue weighted by Gasteiger charge is 2.12. The standard InChI is InChI=1S/C15H25N5/c1-12-14(9-16-15(2,3)4)10-18-20(12)7-6-13-8-17-19(5)11-13/h8,10-11,16H,6-7,9H2,1-5H3. The molecule has 2 aromatic heterocycles. The molecule has 0 saturated heterocycles. The third kappa shape index (κ3) is 3.93. The van der Waals surface area contributed by atoms with Crippen molar-refractivity contribution in [2.75, 3.05) is 0 Å². The van der Waals surface area contributed by atoms with Crippen LogP contribution in [0.2, 0.25) is 0 Å². The monoisotopic (exact) mass is 275 g/mol. The van der Waals surface area contributed by atoms with Gasteiger partial charge in [-0.25, -0.2) is 0 Å². The third-order valence-electron chi connectivity index (χ3n) is 3.38. The first-order valence-electron chi connectivity index (χ1n) is 7.09. The molecule has 2 rings (SSSR count). The molecule has 0 aromatic carbocycles. The number of rotatable bonds is 5. The smallest absolute Gasteiger partial charge is 0.0537 e. The van der Waals surface area contributed by atoms with E-state index in [9.17, 15) is 0 Å². The zero-order chi connectivity index (χ0) is 14.8. The largest absolute Gasteiger partial charge is 0.308 e. The van der Waals surface area contributed by atoms with Crippen LogP contribution in [0.4, 0.5) is 0 Å². The molecule has 20 heavy (non-hydrogen) atoms. The molecule has 0 fully saturated rings. The SMILES string of the molecule is Cc1c(CNC(C)(C)C)cnn1CCc1cnn(C)c1. The third-order valence-corrected chi connectivity index (χ3v) is 3.38. The summed E-state index contributed by atoms with van der Waals surface area (Å²) in [5, 5.41) is 12.2. The Bertz CT molecular complexity index is 559. The van der Waals surface area contributed by atoms with Crippen molar-refractivity contribution in [2.45, 2.75) is 52.7 Å². The van der Waals surface area contributed by atoms with E-state index in [2.05, 4.69) is 54.1 Å². The van der Waals surface area contributed by atoms with E-state index in [0.717, 1.165) is 19.5 Å². The predicted octanol–water partition coefficient (Wildman–Crippen LogP) is 2.06. The summed E-state index contributed by atoms with van der Waals surface area (Å²) < 4.78 is 3.91. The maximum atomic E-state index is 4.49. The quantitative estimate of drug-likeness (QED) is 0.908. The Labute approximate surface area is 121 Å². The Balaban J connectivity index is 1.94. The van der Waals surface area contributed by atoms with Crippen molar-refractivity contribution in [3.8, 4) is 0 Å². The molecule has 0 unspecified atom stereocenters. The molecule has 2 aromatic rings. The van der Waals surface area contributed by atoms with Crippen LogP contribution in [0.5, 0.6) is 0 Å². The van der Waals surface area contributed by atoms with Crippen LogP contribution < -0.4 is 5.32 Å². The Morgan fingerprint density at radius 3 is 2.55 bits per heavy atom. The van der Waals surface area contributed by atoms with Crippen LogP contribution in [0, 0.1) is 6.92 Å². The van der Waals surface area contributed by atoms with Gasteiger partial charge in [0.25, 0.3) is 0 Å². The van der Waals surface area contributed by atoms with Crippen molar-refractivity contribution in [3.63, 3.8) is 0 Å².